The number of amides is 4. The SMILES string of the molecule is CC(=O)N[C@H]1[C@H](O[C@@H]2[C@@H](OC[C@H]3O[C@@H](O[C@H]4[C@H](O)[C@@H](O)C(O)O[C@@H]4CO)[C@@H](O)[C@@H](O[C@H]4O[C@H](CO)[C@@H](O)[C@H](O)[C@@H]4O[C@@H]4O[C@H](CO)[C@@H](O[C@@H]5O[C@H](CO[C@]6(C(=O)O)C[C@H](O)[C@@H](NC(C)=O)[C@H]([C@H](O)[C@H](O)CO)O6)[C@H](O)[C@H](O)[C@H]5O)[C@H](O)[C@H]4NC(C)=O)[C@@H]3O)O[C@H](CO)[C@@H](O)[C@@H]2O)O[C@H](CO)[C@@H](O[C@@H]2O[C@H](CO[C@]3(C(=O)O)C[C@H](O)[C@@H](NC(C)=O)[C@H]([C@H](O)[C@H](O)CO)O3)[C@H](O)[C@H](O)[C@H]2O)[C@@H]1O. The van der Waals surface area contributed by atoms with Crippen molar-refractivity contribution in [3.8, 4) is 0 Å². The summed E-state index contributed by atoms with van der Waals surface area (Å²) in [7, 11) is 0. The average molecular weight is 1980 g/mol. The monoisotopic (exact) mass is 1980 g/mol. The molecule has 0 aliphatic carbocycles. The number of carboxylic acids is 2. The number of carbonyl (C=O) groups excluding carboxylic acids is 4. The van der Waals surface area contributed by atoms with Gasteiger partial charge in [-0.1, -0.05) is 0 Å². The fourth-order valence-electron chi connectivity index (χ4n) is 17.1. The molecule has 61 heteroatoms. The minimum absolute atomic E-state index is 0.850. The largest absolute Gasteiger partial charge is 0.477 e. The molecule has 1 unspecified atom stereocenters. The molecule has 10 aliphatic rings. The molecule has 0 bridgehead atoms. The minimum Gasteiger partial charge on any atom is -0.477 e. The number of carboxylic acid groups (broad SMARTS) is 2. The van der Waals surface area contributed by atoms with Crippen LogP contribution in [0, 0.1) is 0 Å². The Morgan fingerprint density at radius 1 is 0.304 bits per heavy atom. The molecule has 10 aliphatic heterocycles. The maximum atomic E-state index is 13.2. The first-order valence-corrected chi connectivity index (χ1v) is 42.4. The Hall–Kier alpha value is -5.14. The van der Waals surface area contributed by atoms with Crippen molar-refractivity contribution in [2.75, 3.05) is 66.1 Å². The zero-order valence-electron chi connectivity index (χ0n) is 71.9. The molecule has 780 valence electrons. The highest BCUT2D eigenvalue weighted by Gasteiger charge is 2.64. The normalized spacial score (nSPS) is 47.0. The third kappa shape index (κ3) is 24.7. The molecule has 0 aromatic heterocycles. The number of hydrogen-bond donors (Lipinski definition) is 36. The lowest BCUT2D eigenvalue weighted by molar-refractivity contribution is -0.399. The highest BCUT2D eigenvalue weighted by Crippen LogP contribution is 2.43. The molecule has 61 nitrogen and oxygen atoms in total. The van der Waals surface area contributed by atoms with E-state index in [2.05, 4.69) is 21.3 Å². The van der Waals surface area contributed by atoms with Crippen molar-refractivity contribution in [3.05, 3.63) is 0 Å². The van der Waals surface area contributed by atoms with Crippen LogP contribution in [0.3, 0.4) is 0 Å². The van der Waals surface area contributed by atoms with Crippen LogP contribution < -0.4 is 21.3 Å². The third-order valence-corrected chi connectivity index (χ3v) is 24.4. The molecular weight excluding hydrogens is 1860 g/mol. The summed E-state index contributed by atoms with van der Waals surface area (Å²) in [4.78, 5) is 76.5. The summed E-state index contributed by atoms with van der Waals surface area (Å²) in [5, 5.41) is 364. The number of carbonyl (C=O) groups is 6. The fraction of sp³-hybridized carbons (Fsp3) is 0.919. The average Bonchev–Trinajstić information content (AvgIpc) is 0.769. The van der Waals surface area contributed by atoms with Crippen LogP contribution in [-0.4, -0.2) is 583 Å². The topological polar surface area (TPSA) is 973 Å². The lowest BCUT2D eigenvalue weighted by atomic mass is 9.88. The second-order valence-corrected chi connectivity index (χ2v) is 33.9. The fourth-order valence-corrected chi connectivity index (χ4v) is 17.1. The number of ether oxygens (including phenoxy) is 19. The minimum atomic E-state index is -3.10. The van der Waals surface area contributed by atoms with Crippen molar-refractivity contribution >= 4 is 35.6 Å². The van der Waals surface area contributed by atoms with Gasteiger partial charge in [-0.15, -0.1) is 0 Å². The van der Waals surface area contributed by atoms with Gasteiger partial charge in [0.15, 0.2) is 50.3 Å². The first kappa shape index (κ1) is 112. The lowest BCUT2D eigenvalue weighted by Crippen LogP contribution is -2.70. The van der Waals surface area contributed by atoms with Gasteiger partial charge in [-0.25, -0.2) is 9.59 Å². The van der Waals surface area contributed by atoms with E-state index < -0.39 is 432 Å². The van der Waals surface area contributed by atoms with Gasteiger partial charge in [-0.2, -0.15) is 0 Å². The van der Waals surface area contributed by atoms with Crippen LogP contribution in [0.1, 0.15) is 40.5 Å². The molecule has 10 heterocycles. The number of aliphatic hydroxyl groups excluding tert-OH is 30. The van der Waals surface area contributed by atoms with Gasteiger partial charge in [0, 0.05) is 40.5 Å². The Bertz CT molecular complexity index is 3790. The molecule has 0 spiro atoms. The maximum absolute atomic E-state index is 13.2. The van der Waals surface area contributed by atoms with Gasteiger partial charge in [-0.05, 0) is 0 Å². The molecule has 10 fully saturated rings. The first-order chi connectivity index (χ1) is 63.5. The molecule has 0 aromatic rings. The molecule has 4 amide bonds. The van der Waals surface area contributed by atoms with Crippen molar-refractivity contribution in [2.24, 2.45) is 0 Å². The van der Waals surface area contributed by atoms with Gasteiger partial charge >= 0.3 is 11.9 Å². The predicted octanol–water partition coefficient (Wildman–Crippen LogP) is -23.8. The number of aliphatic hydroxyl groups is 30. The van der Waals surface area contributed by atoms with E-state index in [1.54, 1.807) is 0 Å². The Balaban J connectivity index is 0.893. The van der Waals surface area contributed by atoms with E-state index in [9.17, 15) is 192 Å². The zero-order valence-corrected chi connectivity index (χ0v) is 71.9. The molecule has 0 saturated carbocycles. The molecule has 36 N–H and O–H groups in total. The second kappa shape index (κ2) is 47.8. The Morgan fingerprint density at radius 3 is 0.963 bits per heavy atom. The lowest BCUT2D eigenvalue weighted by Gasteiger charge is -2.51. The van der Waals surface area contributed by atoms with Gasteiger partial charge in [0.1, 0.15) is 232 Å². The van der Waals surface area contributed by atoms with E-state index in [0.717, 1.165) is 27.7 Å². The number of aliphatic carboxylic acids is 2. The number of rotatable bonds is 38. The Morgan fingerprint density at radius 2 is 0.600 bits per heavy atom. The van der Waals surface area contributed by atoms with Crippen molar-refractivity contribution in [1.29, 1.82) is 0 Å². The Labute approximate surface area is 761 Å². The van der Waals surface area contributed by atoms with E-state index in [0.29, 0.717) is 0 Å². The van der Waals surface area contributed by atoms with E-state index in [1.807, 2.05) is 0 Å². The van der Waals surface area contributed by atoms with Crippen LogP contribution in [0.25, 0.3) is 0 Å². The highest BCUT2D eigenvalue weighted by atomic mass is 16.8. The van der Waals surface area contributed by atoms with Gasteiger partial charge in [-0.3, -0.25) is 19.2 Å². The van der Waals surface area contributed by atoms with Gasteiger partial charge in [0.2, 0.25) is 23.6 Å². The second-order valence-electron chi connectivity index (χ2n) is 33.9. The highest BCUT2D eigenvalue weighted by molar-refractivity contribution is 5.78. The van der Waals surface area contributed by atoms with Crippen molar-refractivity contribution in [1.82, 2.24) is 21.3 Å². The number of hydrogen-bond acceptors (Lipinski definition) is 55. The third-order valence-electron chi connectivity index (χ3n) is 24.4. The molecule has 0 aromatic carbocycles. The van der Waals surface area contributed by atoms with Crippen LogP contribution >= 0.6 is 0 Å². The van der Waals surface area contributed by atoms with Gasteiger partial charge in [0.25, 0.3) is 11.6 Å². The standard InChI is InChI=1S/C74H122N4O57/c1-17(86)75-33-21(90)5-73(71(113)114,134-58(33)37(94)23(92)7-79)118-15-31-41(98)46(103)52(109)66(126-31)128-55-28(12-84)123-64(35(44(55)101)77-19(3)88)132-61-48(105)39(96)25(9-81)121-69(61)117-14-30-43(100)60(54(111)68(125-30)130-57-27(11-83)120-63(112)51(108)50(57)107)131-70-62(49(106)40(97)26(10-82)122-70)133-65-36(78-20(4)89)45(102)56(29(13-85)124-65)129-67-53(110)47(104)42(99)32(127-67)16-119-74(72(115)116)6-22(91)34(76-18(2)87)59(135-74)38(95)24(93)8-80/h21-70,79-85,90-112H,5-16H2,1-4H3,(H,75,86)(H,76,87)(H,77,88)(H,78,89)(H,113,114)(H,115,116)/t21-,22-,23+,24+,25+,26+,27+,28+,29+,30+,31+,32+,33+,34+,35+,36+,37+,38+,39+,40+,41-,42-,43+,44+,45+,46-,47-,48-,49-,50+,51+,52+,53+,54-,55+,56+,57+,58+,59+,60-,61-,62-,63?,64-,65-,66-,67-,68-,69-,70+,73+,74+/m0/s1. The van der Waals surface area contributed by atoms with Crippen molar-refractivity contribution in [3.63, 3.8) is 0 Å². The number of nitrogens with one attached hydrogen (secondary N) is 4. The summed E-state index contributed by atoms with van der Waals surface area (Å²) >= 11 is 0. The van der Waals surface area contributed by atoms with Crippen LogP contribution in [0.4, 0.5) is 0 Å². The van der Waals surface area contributed by atoms with E-state index in [-0.39, 0.29) is 0 Å². The molecule has 52 atom stereocenters. The molecule has 10 rings (SSSR count). The van der Waals surface area contributed by atoms with Crippen molar-refractivity contribution < 1.29 is 282 Å². The zero-order chi connectivity index (χ0) is 100. The van der Waals surface area contributed by atoms with Crippen LogP contribution in [0.2, 0.25) is 0 Å². The molecule has 135 heavy (non-hydrogen) atoms. The molecular formula is C74H122N4O57. The van der Waals surface area contributed by atoms with Crippen LogP contribution in [0.5, 0.6) is 0 Å². The van der Waals surface area contributed by atoms with E-state index in [1.165, 1.54) is 0 Å². The van der Waals surface area contributed by atoms with Gasteiger partial charge in [0.05, 0.1) is 90.4 Å². The summed E-state index contributed by atoms with van der Waals surface area (Å²) in [6, 6.07) is -7.55. The quantitative estimate of drug-likeness (QED) is 0.0273. The van der Waals surface area contributed by atoms with Crippen molar-refractivity contribution in [2.45, 2.75) is 359 Å². The summed E-state index contributed by atoms with van der Waals surface area (Å²) in [6.45, 7) is -8.55. The summed E-state index contributed by atoms with van der Waals surface area (Å²) in [6.07, 6.45) is -105. The van der Waals surface area contributed by atoms with Crippen LogP contribution in [-0.2, 0) is 119 Å². The van der Waals surface area contributed by atoms with E-state index >= 15 is 0 Å². The van der Waals surface area contributed by atoms with E-state index in [4.69, 9.17) is 90.0 Å². The summed E-state index contributed by atoms with van der Waals surface area (Å²) in [5.74, 6) is -14.1. The Kier molecular flexibility index (Phi) is 39.6. The van der Waals surface area contributed by atoms with Gasteiger partial charge < -0.3 is 275 Å². The predicted molar refractivity (Wildman–Crippen MR) is 410 cm³/mol. The molecule has 10 saturated heterocycles. The maximum Gasteiger partial charge on any atom is 0.364 e. The summed E-state index contributed by atoms with van der Waals surface area (Å²) in [5.41, 5.74) is 0. The van der Waals surface area contributed by atoms with Crippen LogP contribution in [0.15, 0.2) is 0 Å². The first-order valence-electron chi connectivity index (χ1n) is 42.4. The smallest absolute Gasteiger partial charge is 0.364 e. The summed E-state index contributed by atoms with van der Waals surface area (Å²) < 4.78 is 111. The molecule has 0 radical (unpaired) electrons.